The number of ketones is 2. The predicted octanol–water partition coefficient (Wildman–Crippen LogP) is 12.9. The third-order valence-electron chi connectivity index (χ3n) is 10.5. The molecule has 0 fully saturated rings. The van der Waals surface area contributed by atoms with Crippen molar-refractivity contribution in [3.63, 3.8) is 0 Å². The van der Waals surface area contributed by atoms with Crippen LogP contribution in [0, 0.1) is 6.92 Å². The Bertz CT molecular complexity index is 3260. The zero-order chi connectivity index (χ0) is 58.7. The van der Waals surface area contributed by atoms with Crippen molar-refractivity contribution in [1.82, 2.24) is 0 Å². The molecule has 16 nitrogen and oxygen atoms in total. The van der Waals surface area contributed by atoms with Crippen LogP contribution in [-0.2, 0) is 25.4 Å². The van der Waals surface area contributed by atoms with E-state index in [2.05, 4.69) is 21.3 Å². The summed E-state index contributed by atoms with van der Waals surface area (Å²) in [5.74, 6) is -1.07. The fraction of sp³-hybridized carbons (Fsp3) is 0.127. The van der Waals surface area contributed by atoms with Crippen molar-refractivity contribution in [2.75, 3.05) is 39.8 Å². The van der Waals surface area contributed by atoms with Crippen molar-refractivity contribution in [2.45, 2.75) is 39.0 Å². The Kier molecular flexibility index (Phi) is 24.0. The molecule has 7 aromatic rings. The fourth-order valence-electron chi connectivity index (χ4n) is 6.13. The van der Waals surface area contributed by atoms with E-state index in [0.717, 1.165) is 41.7 Å². The molecule has 0 aliphatic heterocycles. The van der Waals surface area contributed by atoms with Crippen molar-refractivity contribution in [3.8, 4) is 23.0 Å². The summed E-state index contributed by atoms with van der Waals surface area (Å²) in [7, 11) is 1.87. The van der Waals surface area contributed by atoms with E-state index in [9.17, 15) is 41.9 Å². The summed E-state index contributed by atoms with van der Waals surface area (Å²) >= 11 is 29.1. The summed E-state index contributed by atoms with van der Waals surface area (Å²) in [6.45, 7) is 4.07. The first-order valence-corrected chi connectivity index (χ1v) is 24.8. The molecule has 0 saturated heterocycles. The number of ether oxygens (including phenoxy) is 2. The lowest BCUT2D eigenvalue weighted by atomic mass is 10.1. The number of hydrogen-bond donors (Lipinski definition) is 8. The number of nitrogens with one attached hydrogen (secondary N) is 4. The number of benzene rings is 7. The van der Waals surface area contributed by atoms with Gasteiger partial charge >= 0.3 is 6.18 Å². The summed E-state index contributed by atoms with van der Waals surface area (Å²) in [6, 6.07) is 33.3. The lowest BCUT2D eigenvalue weighted by molar-refractivity contribution is -0.137. The number of aldehydes is 1. The van der Waals surface area contributed by atoms with E-state index in [4.69, 9.17) is 90.4 Å². The highest BCUT2D eigenvalue weighted by Crippen LogP contribution is 2.38. The van der Waals surface area contributed by atoms with Gasteiger partial charge in [0, 0.05) is 33.9 Å². The predicted molar refractivity (Wildman–Crippen MR) is 306 cm³/mol. The molecule has 0 aromatic heterocycles. The van der Waals surface area contributed by atoms with Crippen LogP contribution in [-0.4, -0.2) is 54.7 Å². The molecule has 0 spiro atoms. The number of carbonyl (C=O) groups excluding carboxylic acids is 6. The van der Waals surface area contributed by atoms with E-state index in [0.29, 0.717) is 43.3 Å². The number of anilines is 6. The number of nitrogens with two attached hydrogens (primary N) is 4. The molecule has 0 saturated carbocycles. The van der Waals surface area contributed by atoms with Crippen molar-refractivity contribution in [1.29, 1.82) is 0 Å². The molecule has 0 radical (unpaired) electrons. The third-order valence-corrected chi connectivity index (χ3v) is 12.0. The Morgan fingerprint density at radius 2 is 1.05 bits per heavy atom. The first-order chi connectivity index (χ1) is 37.2. The summed E-state index contributed by atoms with van der Waals surface area (Å²) in [4.78, 5) is 68.6. The van der Waals surface area contributed by atoms with Crippen LogP contribution in [0.25, 0.3) is 0 Å². The van der Waals surface area contributed by atoms with Crippen LogP contribution in [0.3, 0.4) is 0 Å². The van der Waals surface area contributed by atoms with Gasteiger partial charge in [-0.05, 0) is 148 Å². The van der Waals surface area contributed by atoms with E-state index in [-0.39, 0.29) is 38.4 Å². The average molecular weight is 1190 g/mol. The second kappa shape index (κ2) is 29.7. The number of halogens is 8. The molecule has 12 N–H and O–H groups in total. The maximum atomic E-state index is 13.1. The first kappa shape index (κ1) is 63.7. The molecule has 79 heavy (non-hydrogen) atoms. The molecule has 0 aliphatic rings. The highest BCUT2D eigenvalue weighted by Gasteiger charge is 2.32. The molecule has 2 atom stereocenters. The molecule has 7 aromatic carbocycles. The van der Waals surface area contributed by atoms with Crippen LogP contribution in [0.1, 0.15) is 45.7 Å². The van der Waals surface area contributed by atoms with Crippen LogP contribution >= 0.6 is 58.0 Å². The first-order valence-electron chi connectivity index (χ1n) is 22.9. The zero-order valence-corrected chi connectivity index (χ0v) is 45.9. The normalized spacial score (nSPS) is 11.2. The Morgan fingerprint density at radius 3 is 1.53 bits per heavy atom. The minimum atomic E-state index is -4.59. The molecular formula is C55H50Cl5F3N8O8. The average Bonchev–Trinajstić information content (AvgIpc) is 3.41. The van der Waals surface area contributed by atoms with Crippen LogP contribution in [0.4, 0.5) is 47.3 Å². The second-order valence-electron chi connectivity index (χ2n) is 16.5. The summed E-state index contributed by atoms with van der Waals surface area (Å²) in [5, 5.41) is 12.5. The Morgan fingerprint density at radius 1 is 0.557 bits per heavy atom. The van der Waals surface area contributed by atoms with Crippen molar-refractivity contribution < 1.29 is 51.4 Å². The summed E-state index contributed by atoms with van der Waals surface area (Å²) in [6.07, 6.45) is -3.87. The van der Waals surface area contributed by atoms with Gasteiger partial charge in [-0.2, -0.15) is 13.2 Å². The smallest absolute Gasteiger partial charge is 0.416 e. The number of carbonyl (C=O) groups is 6. The van der Waals surface area contributed by atoms with E-state index in [1.54, 1.807) is 55.5 Å². The number of hydrogen-bond acceptors (Lipinski definition) is 13. The quantitative estimate of drug-likeness (QED) is 0.0286. The Balaban J connectivity index is 0.000000241. The van der Waals surface area contributed by atoms with Crippen LogP contribution in [0.5, 0.6) is 23.0 Å². The molecule has 3 amide bonds. The summed E-state index contributed by atoms with van der Waals surface area (Å²) < 4.78 is 50.7. The molecule has 2 unspecified atom stereocenters. The topological polar surface area (TPSA) is 273 Å². The van der Waals surface area contributed by atoms with Gasteiger partial charge in [0.2, 0.25) is 11.8 Å². The van der Waals surface area contributed by atoms with E-state index in [1.165, 1.54) is 50.2 Å². The standard InChI is InChI=1S/C20H13Cl2F3N2O2.C15H19ClN4O4.C13H12ClNO.C7H6ClNO/c21-13-3-5-14(6-4-13)29-18-8-2-12(20(23,24)25)10-17(18)27-19(28)11-1-7-15(22)16(26)9-11;1-6-4-11(20-15(24)13(18)8(3)22)9(16)5-10(6)19-14(23)12(17)7(2)21;1-15-12-4-2-3-5-13(12)16-11-8-6-10(14)7-9-11;8-6-2-1-5(4-10)3-7(6)9/h1-10H,26H2,(H,27,28);4-5,12-13H,17-18H2,1-3H3,(H,19,23)(H,20,24);2-9,15H,1H3;1-4H,9H2. The minimum Gasteiger partial charge on any atom is -0.455 e. The van der Waals surface area contributed by atoms with Crippen molar-refractivity contribution in [3.05, 3.63) is 187 Å². The van der Waals surface area contributed by atoms with Crippen molar-refractivity contribution >= 4 is 128 Å². The molecule has 7 rings (SSSR count). The molecule has 0 aliphatic carbocycles. The van der Waals surface area contributed by atoms with E-state index < -0.39 is 53.1 Å². The maximum absolute atomic E-state index is 13.1. The summed E-state index contributed by atoms with van der Waals surface area (Å²) in [5.41, 5.74) is 24.3. The van der Waals surface area contributed by atoms with Gasteiger partial charge in [0.15, 0.2) is 17.3 Å². The van der Waals surface area contributed by atoms with Gasteiger partial charge in [0.1, 0.15) is 35.6 Å². The number of aryl methyl sites for hydroxylation is 1. The SMILES string of the molecule is CC(=O)C(N)C(=O)Nc1cc(Cl)c(NC(=O)C(N)C(C)=O)cc1C.CNc1ccccc1Oc1ccc(Cl)cc1.Nc1cc(C(=O)Nc2cc(C(F)(F)F)ccc2Oc2ccc(Cl)cc2)ccc1Cl.Nc1cc(C=O)ccc1Cl. The lowest BCUT2D eigenvalue weighted by Crippen LogP contribution is -2.41. The molecule has 0 bridgehead atoms. The number of nitrogen functional groups attached to an aromatic ring is 2. The highest BCUT2D eigenvalue weighted by atomic mass is 35.5. The fourth-order valence-corrected chi connectivity index (χ4v) is 6.83. The Labute approximate surface area is 476 Å². The second-order valence-corrected chi connectivity index (χ2v) is 18.6. The van der Waals surface area contributed by atoms with Crippen LogP contribution < -0.4 is 53.7 Å². The van der Waals surface area contributed by atoms with Gasteiger partial charge in [-0.1, -0.05) is 76.2 Å². The Hall–Kier alpha value is -7.88. The van der Waals surface area contributed by atoms with Gasteiger partial charge in [0.25, 0.3) is 5.91 Å². The van der Waals surface area contributed by atoms with Crippen molar-refractivity contribution in [2.24, 2.45) is 11.5 Å². The highest BCUT2D eigenvalue weighted by molar-refractivity contribution is 6.35. The van der Waals surface area contributed by atoms with Crippen LogP contribution in [0.2, 0.25) is 25.1 Å². The molecule has 414 valence electrons. The zero-order valence-electron chi connectivity index (χ0n) is 42.1. The number of para-hydroxylation sites is 2. The molecule has 0 heterocycles. The third kappa shape index (κ3) is 19.8. The minimum absolute atomic E-state index is 0.0237. The number of alkyl halides is 3. The molecule has 24 heteroatoms. The van der Waals surface area contributed by atoms with E-state index in [1.807, 2.05) is 43.4 Å². The maximum Gasteiger partial charge on any atom is 0.416 e. The van der Waals surface area contributed by atoms with Gasteiger partial charge < -0.3 is 53.7 Å². The number of amides is 3. The molecular weight excluding hydrogens is 1130 g/mol. The van der Waals surface area contributed by atoms with Crippen LogP contribution in [0.15, 0.2) is 140 Å². The largest absolute Gasteiger partial charge is 0.455 e. The lowest BCUT2D eigenvalue weighted by Gasteiger charge is -2.15. The monoisotopic (exact) mass is 1180 g/mol. The van der Waals surface area contributed by atoms with E-state index >= 15 is 0 Å². The van der Waals surface area contributed by atoms with Gasteiger partial charge in [-0.25, -0.2) is 0 Å². The van der Waals surface area contributed by atoms with Gasteiger partial charge in [-0.3, -0.25) is 28.8 Å². The number of rotatable bonds is 14. The van der Waals surface area contributed by atoms with Gasteiger partial charge in [-0.15, -0.1) is 0 Å². The van der Waals surface area contributed by atoms with Gasteiger partial charge in [0.05, 0.1) is 49.1 Å². The number of Topliss-reactive ketones (excluding diaryl/α,β-unsaturated/α-hetero) is 2.